The van der Waals surface area contributed by atoms with Gasteiger partial charge in [0.1, 0.15) is 35.7 Å². The minimum Gasteiger partial charge on any atom is -0.475 e. The van der Waals surface area contributed by atoms with Gasteiger partial charge in [-0.25, -0.2) is 38.3 Å². The van der Waals surface area contributed by atoms with Crippen molar-refractivity contribution >= 4 is 43.3 Å². The predicted molar refractivity (Wildman–Crippen MR) is 195 cm³/mol. The molecule has 52 heavy (non-hydrogen) atoms. The van der Waals surface area contributed by atoms with Gasteiger partial charge in [0.15, 0.2) is 9.84 Å². The van der Waals surface area contributed by atoms with Crippen molar-refractivity contribution in [2.75, 3.05) is 49.3 Å². The van der Waals surface area contributed by atoms with Crippen LogP contribution < -0.4 is 19.3 Å². The lowest BCUT2D eigenvalue weighted by Crippen LogP contribution is -2.54. The van der Waals surface area contributed by atoms with Gasteiger partial charge in [-0.05, 0) is 27.7 Å². The number of likely N-dealkylation sites (N-methyl/N-ethyl adjacent to an activating group) is 1. The lowest BCUT2D eigenvalue weighted by atomic mass is 10.1. The molecule has 18 heteroatoms. The highest BCUT2D eigenvalue weighted by Gasteiger charge is 2.35. The van der Waals surface area contributed by atoms with E-state index < -0.39 is 15.1 Å². The molecule has 0 aromatic carbocycles. The fraction of sp³-hybridized carbons (Fsp3) is 0.412. The Labute approximate surface area is 300 Å². The molecule has 17 nitrogen and oxygen atoms in total. The lowest BCUT2D eigenvalue weighted by Gasteiger charge is -2.38. The van der Waals surface area contributed by atoms with Crippen LogP contribution >= 0.6 is 0 Å². The highest BCUT2D eigenvalue weighted by molar-refractivity contribution is 7.91. The third-order valence-corrected chi connectivity index (χ3v) is 10.0. The van der Waals surface area contributed by atoms with Crippen LogP contribution in [0.1, 0.15) is 33.4 Å². The number of aromatic nitrogens is 10. The molecule has 7 rings (SSSR count). The van der Waals surface area contributed by atoms with E-state index in [0.717, 1.165) is 16.3 Å². The summed E-state index contributed by atoms with van der Waals surface area (Å²) in [6.45, 7) is 9.65. The van der Waals surface area contributed by atoms with Gasteiger partial charge in [-0.3, -0.25) is 10.2 Å². The van der Waals surface area contributed by atoms with Crippen molar-refractivity contribution in [3.8, 4) is 34.5 Å². The minimum atomic E-state index is -3.11. The number of nitrogens with zero attached hydrogens (tertiary/aromatic N) is 10. The van der Waals surface area contributed by atoms with Gasteiger partial charge in [0.05, 0.1) is 65.0 Å². The van der Waals surface area contributed by atoms with Gasteiger partial charge in [0.25, 0.3) is 0 Å². The Hall–Kier alpha value is -5.49. The molecule has 1 saturated heterocycles. The average Bonchev–Trinajstić information content (AvgIpc) is 3.69. The zero-order valence-corrected chi connectivity index (χ0v) is 30.5. The van der Waals surface area contributed by atoms with E-state index in [1.807, 2.05) is 68.8 Å². The first-order chi connectivity index (χ1) is 24.9. The summed E-state index contributed by atoms with van der Waals surface area (Å²) < 4.78 is 41.8. The molecule has 6 aromatic heterocycles. The molecule has 0 aliphatic carbocycles. The molecule has 0 atom stereocenters. The molecule has 1 aliphatic rings. The van der Waals surface area contributed by atoms with E-state index in [4.69, 9.17) is 19.2 Å². The fourth-order valence-electron chi connectivity index (χ4n) is 5.77. The molecule has 2 N–H and O–H groups in total. The van der Waals surface area contributed by atoms with Gasteiger partial charge in [-0.15, -0.1) is 0 Å². The number of rotatable bonds is 14. The van der Waals surface area contributed by atoms with Crippen LogP contribution in [0.4, 0.5) is 11.6 Å². The number of fused-ring (bicyclic) bond motifs is 2. The largest absolute Gasteiger partial charge is 0.475 e. The number of ether oxygens (including phenoxy) is 3. The fourth-order valence-corrected chi connectivity index (χ4v) is 6.67. The van der Waals surface area contributed by atoms with Gasteiger partial charge in [-0.1, -0.05) is 0 Å². The first kappa shape index (κ1) is 34.9. The molecule has 272 valence electrons. The molecule has 0 amide bonds. The smallest absolute Gasteiger partial charge is 0.214 e. The number of anilines is 2. The van der Waals surface area contributed by atoms with Gasteiger partial charge >= 0.3 is 0 Å². The zero-order valence-electron chi connectivity index (χ0n) is 29.7. The molecule has 0 bridgehead atoms. The van der Waals surface area contributed by atoms with Crippen molar-refractivity contribution in [2.24, 2.45) is 0 Å². The first-order valence-corrected chi connectivity index (χ1v) is 18.8. The van der Waals surface area contributed by atoms with Crippen LogP contribution in [0.2, 0.25) is 0 Å². The van der Waals surface area contributed by atoms with Gasteiger partial charge in [0, 0.05) is 68.0 Å². The number of hydrogen-bond acceptors (Lipinski definition) is 15. The van der Waals surface area contributed by atoms with Crippen molar-refractivity contribution in [2.45, 2.75) is 51.8 Å². The molecule has 0 unspecified atom stereocenters. The Balaban J connectivity index is 1.05. The molecule has 0 spiro atoms. The third-order valence-electron chi connectivity index (χ3n) is 8.51. The summed E-state index contributed by atoms with van der Waals surface area (Å²) in [4.78, 5) is 30.8. The van der Waals surface area contributed by atoms with Crippen molar-refractivity contribution in [3.05, 3.63) is 48.8 Å². The van der Waals surface area contributed by atoms with Crippen LogP contribution in [0, 0.1) is 0 Å². The number of sulfone groups is 1. The second-order valence-corrected chi connectivity index (χ2v) is 15.6. The molecule has 1 fully saturated rings. The van der Waals surface area contributed by atoms with Gasteiger partial charge < -0.3 is 24.0 Å². The molecule has 0 saturated carbocycles. The van der Waals surface area contributed by atoms with E-state index in [1.165, 1.54) is 18.9 Å². The number of pyridine rings is 2. The summed E-state index contributed by atoms with van der Waals surface area (Å²) in [7, 11) is -1.18. The van der Waals surface area contributed by atoms with Crippen LogP contribution in [-0.2, 0) is 21.2 Å². The zero-order chi connectivity index (χ0) is 36.6. The standard InChI is InChI=1S/C34H40N12O5S/c1-19(2)50-30-9-22-26(13-35-30)41-42-32(22)24-11-28(38-17-36-24)45(5)7-8-49-16-27-34-23(10-31(40-27)51-20(3)4)33(43-44-34)25-12-29(39-18-37-25)46-14-21(15-46)52(6,47)48/h9-13,17-21H,7-8,14-16H2,1-6H3,(H,41,42)(H,43,44). The summed E-state index contributed by atoms with van der Waals surface area (Å²) in [6, 6.07) is 7.39. The Morgan fingerprint density at radius 1 is 0.865 bits per heavy atom. The topological polar surface area (TPSA) is 203 Å². The summed E-state index contributed by atoms with van der Waals surface area (Å²) in [6.07, 6.45) is 5.82. The Bertz CT molecular complexity index is 2320. The van der Waals surface area contributed by atoms with E-state index in [9.17, 15) is 8.42 Å². The summed E-state index contributed by atoms with van der Waals surface area (Å²) in [5, 5.41) is 16.4. The van der Waals surface area contributed by atoms with Gasteiger partial charge in [-0.2, -0.15) is 10.2 Å². The van der Waals surface area contributed by atoms with E-state index in [-0.39, 0.29) is 18.8 Å². The second kappa shape index (κ2) is 14.3. The highest BCUT2D eigenvalue weighted by Crippen LogP contribution is 2.33. The predicted octanol–water partition coefficient (Wildman–Crippen LogP) is 3.60. The molecular formula is C34H40N12O5S. The summed E-state index contributed by atoms with van der Waals surface area (Å²) in [5.41, 5.74) is 4.63. The number of nitrogens with one attached hydrogen (secondary N) is 2. The molecule has 1 aliphatic heterocycles. The molecule has 0 radical (unpaired) electrons. The van der Waals surface area contributed by atoms with Crippen molar-refractivity contribution in [1.29, 1.82) is 0 Å². The quantitative estimate of drug-likeness (QED) is 0.154. The normalized spacial score (nSPS) is 13.7. The monoisotopic (exact) mass is 728 g/mol. The van der Waals surface area contributed by atoms with Gasteiger partial charge in [0.2, 0.25) is 11.8 Å². The Morgan fingerprint density at radius 2 is 1.54 bits per heavy atom. The van der Waals surface area contributed by atoms with E-state index >= 15 is 0 Å². The van der Waals surface area contributed by atoms with Crippen LogP contribution in [0.25, 0.3) is 44.6 Å². The van der Waals surface area contributed by atoms with Crippen molar-refractivity contribution in [1.82, 2.24) is 50.3 Å². The van der Waals surface area contributed by atoms with Crippen molar-refractivity contribution < 1.29 is 22.6 Å². The number of aromatic amines is 2. The number of H-pyrrole nitrogens is 2. The first-order valence-electron chi connectivity index (χ1n) is 16.9. The second-order valence-electron chi connectivity index (χ2n) is 13.2. The maximum atomic E-state index is 11.9. The third kappa shape index (κ3) is 7.43. The Kier molecular flexibility index (Phi) is 9.58. The molecular weight excluding hydrogens is 689 g/mol. The van der Waals surface area contributed by atoms with E-state index in [0.29, 0.717) is 83.6 Å². The minimum absolute atomic E-state index is 0.00698. The highest BCUT2D eigenvalue weighted by atomic mass is 32.2. The van der Waals surface area contributed by atoms with Crippen molar-refractivity contribution in [3.63, 3.8) is 0 Å². The number of hydrogen-bond donors (Lipinski definition) is 2. The average molecular weight is 729 g/mol. The maximum absolute atomic E-state index is 11.9. The molecule has 7 heterocycles. The SMILES string of the molecule is CC(C)Oc1cc2c(-c3cc(N(C)CCOCc4nc(OC(C)C)cc5c(-c6cc(N7CC(S(C)(=O)=O)C7)ncn6)n[nH]c45)ncn3)n[nH]c2cn1. The Morgan fingerprint density at radius 3 is 2.29 bits per heavy atom. The van der Waals surface area contributed by atoms with E-state index in [2.05, 4.69) is 45.3 Å². The summed E-state index contributed by atoms with van der Waals surface area (Å²) in [5.74, 6) is 2.30. The van der Waals surface area contributed by atoms with Crippen LogP contribution in [-0.4, -0.2) is 116 Å². The summed E-state index contributed by atoms with van der Waals surface area (Å²) >= 11 is 0. The lowest BCUT2D eigenvalue weighted by molar-refractivity contribution is 0.124. The maximum Gasteiger partial charge on any atom is 0.214 e. The van der Waals surface area contributed by atoms with Crippen LogP contribution in [0.3, 0.4) is 0 Å². The van der Waals surface area contributed by atoms with Crippen LogP contribution in [0.5, 0.6) is 11.8 Å². The molecule has 6 aromatic rings. The van der Waals surface area contributed by atoms with Crippen LogP contribution in [0.15, 0.2) is 43.1 Å². The van der Waals surface area contributed by atoms with E-state index in [1.54, 1.807) is 6.20 Å².